The summed E-state index contributed by atoms with van der Waals surface area (Å²) < 4.78 is 19.3. The van der Waals surface area contributed by atoms with E-state index in [9.17, 15) is 14.3 Å². The number of rotatable bonds is 3. The summed E-state index contributed by atoms with van der Waals surface area (Å²) in [6.45, 7) is 1.59. The molecule has 0 heterocycles. The highest BCUT2D eigenvalue weighted by atomic mass is 79.9. The molecule has 3 nitrogen and oxygen atoms in total. The number of carboxylic acid groups (broad SMARTS) is 1. The molecule has 98 valence electrons. The van der Waals surface area contributed by atoms with E-state index in [0.717, 1.165) is 6.42 Å². The molecule has 0 unspecified atom stereocenters. The summed E-state index contributed by atoms with van der Waals surface area (Å²) >= 11 is 3.13. The summed E-state index contributed by atoms with van der Waals surface area (Å²) in [6.07, 6.45) is 2.00. The van der Waals surface area contributed by atoms with Gasteiger partial charge >= 0.3 is 5.97 Å². The van der Waals surface area contributed by atoms with Crippen molar-refractivity contribution >= 4 is 21.9 Å². The predicted molar refractivity (Wildman–Crippen MR) is 68.6 cm³/mol. The topological polar surface area (TPSA) is 46.5 Å². The van der Waals surface area contributed by atoms with Crippen LogP contribution in [0.15, 0.2) is 10.5 Å². The van der Waals surface area contributed by atoms with Crippen LogP contribution in [0.3, 0.4) is 0 Å². The number of ether oxygens (including phenoxy) is 1. The fourth-order valence-electron chi connectivity index (χ4n) is 2.48. The monoisotopic (exact) mass is 316 g/mol. The molecule has 0 bridgehead atoms. The molecule has 1 aromatic carbocycles. The van der Waals surface area contributed by atoms with Crippen LogP contribution in [-0.4, -0.2) is 18.2 Å². The lowest BCUT2D eigenvalue weighted by atomic mass is 9.64. The van der Waals surface area contributed by atoms with Gasteiger partial charge in [0, 0.05) is 11.1 Å². The Morgan fingerprint density at radius 2 is 2.17 bits per heavy atom. The lowest BCUT2D eigenvalue weighted by molar-refractivity contribution is -0.147. The molecule has 1 N–H and O–H groups in total. The van der Waals surface area contributed by atoms with Crippen LogP contribution in [-0.2, 0) is 10.2 Å². The zero-order valence-electron chi connectivity index (χ0n) is 10.2. The smallest absolute Gasteiger partial charge is 0.314 e. The Balaban J connectivity index is 2.67. The average Bonchev–Trinajstić information content (AvgIpc) is 2.24. The third kappa shape index (κ3) is 1.72. The molecular formula is C13H14BrFO3. The van der Waals surface area contributed by atoms with Crippen molar-refractivity contribution in [3.8, 4) is 5.75 Å². The molecule has 0 radical (unpaired) electrons. The fraction of sp³-hybridized carbons (Fsp3) is 0.462. The van der Waals surface area contributed by atoms with Gasteiger partial charge in [-0.3, -0.25) is 4.79 Å². The van der Waals surface area contributed by atoms with E-state index < -0.39 is 17.2 Å². The van der Waals surface area contributed by atoms with E-state index in [0.29, 0.717) is 29.7 Å². The van der Waals surface area contributed by atoms with Crippen LogP contribution in [0, 0.1) is 12.7 Å². The van der Waals surface area contributed by atoms with Crippen LogP contribution >= 0.6 is 15.9 Å². The van der Waals surface area contributed by atoms with Gasteiger partial charge in [0.15, 0.2) is 0 Å². The quantitative estimate of drug-likeness (QED) is 0.929. The molecule has 0 atom stereocenters. The molecule has 1 aliphatic carbocycles. The first-order valence-electron chi connectivity index (χ1n) is 5.70. The summed E-state index contributed by atoms with van der Waals surface area (Å²) in [6, 6.07) is 1.54. The number of halogens is 2. The Morgan fingerprint density at radius 1 is 1.56 bits per heavy atom. The maximum atomic E-state index is 13.8. The molecule has 0 spiro atoms. The Kier molecular flexibility index (Phi) is 3.36. The summed E-state index contributed by atoms with van der Waals surface area (Å²) in [5.74, 6) is -0.932. The van der Waals surface area contributed by atoms with Gasteiger partial charge < -0.3 is 9.84 Å². The first-order valence-corrected chi connectivity index (χ1v) is 6.50. The van der Waals surface area contributed by atoms with E-state index in [4.69, 9.17) is 4.74 Å². The first-order chi connectivity index (χ1) is 8.44. The zero-order valence-corrected chi connectivity index (χ0v) is 11.8. The number of benzene rings is 1. The highest BCUT2D eigenvalue weighted by Crippen LogP contribution is 2.49. The normalized spacial score (nSPS) is 17.1. The van der Waals surface area contributed by atoms with E-state index in [-0.39, 0.29) is 4.47 Å². The maximum Gasteiger partial charge on any atom is 0.314 e. The molecule has 2 rings (SSSR count). The van der Waals surface area contributed by atoms with Gasteiger partial charge in [0.2, 0.25) is 0 Å². The van der Waals surface area contributed by atoms with E-state index in [1.807, 2.05) is 0 Å². The van der Waals surface area contributed by atoms with Gasteiger partial charge in [-0.2, -0.15) is 0 Å². The summed E-state index contributed by atoms with van der Waals surface area (Å²) in [5, 5.41) is 9.44. The fourth-order valence-corrected chi connectivity index (χ4v) is 3.01. The Bertz CT molecular complexity index is 509. The van der Waals surface area contributed by atoms with Crippen LogP contribution in [0.1, 0.15) is 30.4 Å². The van der Waals surface area contributed by atoms with Crippen LogP contribution in [0.4, 0.5) is 4.39 Å². The molecule has 0 aromatic heterocycles. The Morgan fingerprint density at radius 3 is 2.56 bits per heavy atom. The number of hydrogen-bond acceptors (Lipinski definition) is 2. The molecule has 1 saturated carbocycles. The van der Waals surface area contributed by atoms with Crippen molar-refractivity contribution < 1.29 is 19.0 Å². The van der Waals surface area contributed by atoms with Gasteiger partial charge in [0.25, 0.3) is 0 Å². The van der Waals surface area contributed by atoms with Crippen molar-refractivity contribution in [1.29, 1.82) is 0 Å². The molecule has 1 aliphatic rings. The van der Waals surface area contributed by atoms with Gasteiger partial charge in [0.1, 0.15) is 11.6 Å². The molecule has 1 fully saturated rings. The van der Waals surface area contributed by atoms with Gasteiger partial charge in [-0.05, 0) is 41.8 Å². The predicted octanol–water partition coefficient (Wildman–Crippen LogP) is 3.41. The lowest BCUT2D eigenvalue weighted by Gasteiger charge is -2.39. The Hall–Kier alpha value is -1.10. The van der Waals surface area contributed by atoms with E-state index >= 15 is 0 Å². The molecule has 5 heteroatoms. The second-order valence-electron chi connectivity index (χ2n) is 4.62. The number of carboxylic acids is 1. The van der Waals surface area contributed by atoms with Crippen LogP contribution in [0.25, 0.3) is 0 Å². The zero-order chi connectivity index (χ0) is 13.5. The summed E-state index contributed by atoms with van der Waals surface area (Å²) in [4.78, 5) is 11.5. The van der Waals surface area contributed by atoms with Crippen molar-refractivity contribution in [3.63, 3.8) is 0 Å². The van der Waals surface area contributed by atoms with Crippen molar-refractivity contribution in [2.75, 3.05) is 7.11 Å². The van der Waals surface area contributed by atoms with Crippen LogP contribution in [0.5, 0.6) is 5.75 Å². The summed E-state index contributed by atoms with van der Waals surface area (Å²) in [5.41, 5.74) is -0.0179. The highest BCUT2D eigenvalue weighted by molar-refractivity contribution is 9.10. The third-order valence-electron chi connectivity index (χ3n) is 3.73. The number of carbonyl (C=O) groups is 1. The Labute approximate surface area is 113 Å². The van der Waals surface area contributed by atoms with Crippen molar-refractivity contribution in [1.82, 2.24) is 0 Å². The molecule has 18 heavy (non-hydrogen) atoms. The number of methoxy groups -OCH3 is 1. The van der Waals surface area contributed by atoms with Crippen LogP contribution < -0.4 is 4.74 Å². The standard InChI is InChI=1S/C13H14BrFO3/c1-7-10(15)9(14)6-8(11(7)18-2)13(12(16)17)4-3-5-13/h6H,3-5H2,1-2H3,(H,16,17). The van der Waals surface area contributed by atoms with Crippen molar-refractivity contribution in [2.24, 2.45) is 0 Å². The average molecular weight is 317 g/mol. The van der Waals surface area contributed by atoms with Crippen LogP contribution in [0.2, 0.25) is 0 Å². The number of hydrogen-bond donors (Lipinski definition) is 1. The minimum absolute atomic E-state index is 0.281. The summed E-state index contributed by atoms with van der Waals surface area (Å²) in [7, 11) is 1.44. The molecule has 0 amide bonds. The minimum atomic E-state index is -0.924. The second kappa shape index (κ2) is 4.53. The minimum Gasteiger partial charge on any atom is -0.496 e. The largest absolute Gasteiger partial charge is 0.496 e. The lowest BCUT2D eigenvalue weighted by Crippen LogP contribution is -2.42. The molecule has 1 aromatic rings. The molecular weight excluding hydrogens is 303 g/mol. The van der Waals surface area contributed by atoms with E-state index in [2.05, 4.69) is 15.9 Å². The van der Waals surface area contributed by atoms with E-state index in [1.165, 1.54) is 13.2 Å². The second-order valence-corrected chi connectivity index (χ2v) is 5.47. The van der Waals surface area contributed by atoms with Crippen molar-refractivity contribution in [3.05, 3.63) is 27.5 Å². The molecule has 0 aliphatic heterocycles. The first kappa shape index (κ1) is 13.3. The van der Waals surface area contributed by atoms with Gasteiger partial charge in [0.05, 0.1) is 17.0 Å². The van der Waals surface area contributed by atoms with Gasteiger partial charge in [-0.25, -0.2) is 4.39 Å². The van der Waals surface area contributed by atoms with Gasteiger partial charge in [-0.1, -0.05) is 6.42 Å². The van der Waals surface area contributed by atoms with E-state index in [1.54, 1.807) is 6.92 Å². The van der Waals surface area contributed by atoms with Crippen molar-refractivity contribution in [2.45, 2.75) is 31.6 Å². The molecule has 0 saturated heterocycles. The number of aliphatic carboxylic acids is 1. The highest BCUT2D eigenvalue weighted by Gasteiger charge is 2.48. The SMILES string of the molecule is COc1c(C2(C(=O)O)CCC2)cc(Br)c(F)c1C. The van der Waals surface area contributed by atoms with Gasteiger partial charge in [-0.15, -0.1) is 0 Å². The maximum absolute atomic E-state index is 13.8. The third-order valence-corrected chi connectivity index (χ3v) is 4.31.